The second kappa shape index (κ2) is 8.91. The second-order valence-corrected chi connectivity index (χ2v) is 6.80. The summed E-state index contributed by atoms with van der Waals surface area (Å²) in [7, 11) is -0.327. The van der Waals surface area contributed by atoms with Gasteiger partial charge in [-0.25, -0.2) is 0 Å². The normalized spacial score (nSPS) is 20.0. The Morgan fingerprint density at radius 3 is 2.65 bits per heavy atom. The maximum absolute atomic E-state index is 12.8. The lowest BCUT2D eigenvalue weighted by Gasteiger charge is -2.32. The molecule has 0 aromatic rings. The molecule has 0 amide bonds. The Labute approximate surface area is 122 Å². The zero-order chi connectivity index (χ0) is 15.0. The average molecular weight is 309 g/mol. The van der Waals surface area contributed by atoms with Gasteiger partial charge in [-0.2, -0.15) is 17.0 Å². The SMILES string of the molecule is COCCN(C(C)COC)S(=O)(=O)N1CCCNCC1. The van der Waals surface area contributed by atoms with Crippen LogP contribution in [0.1, 0.15) is 13.3 Å². The first-order valence-corrected chi connectivity index (χ1v) is 8.39. The van der Waals surface area contributed by atoms with Crippen LogP contribution in [0.25, 0.3) is 0 Å². The van der Waals surface area contributed by atoms with E-state index in [1.807, 2.05) is 6.92 Å². The largest absolute Gasteiger partial charge is 0.383 e. The van der Waals surface area contributed by atoms with Crippen molar-refractivity contribution in [3.63, 3.8) is 0 Å². The quantitative estimate of drug-likeness (QED) is 0.655. The summed E-state index contributed by atoms with van der Waals surface area (Å²) >= 11 is 0. The van der Waals surface area contributed by atoms with E-state index < -0.39 is 10.2 Å². The molecule has 7 nitrogen and oxygen atoms in total. The standard InChI is InChI=1S/C12H27N3O4S/c1-12(11-19-3)15(9-10-18-2)20(16,17)14-7-4-5-13-6-8-14/h12-13H,4-11H2,1-3H3. The molecule has 0 aliphatic carbocycles. The van der Waals surface area contributed by atoms with Crippen LogP contribution in [0.4, 0.5) is 0 Å². The molecule has 1 aliphatic rings. The Bertz CT molecular complexity index is 356. The van der Waals surface area contributed by atoms with E-state index in [0.29, 0.717) is 39.4 Å². The van der Waals surface area contributed by atoms with Gasteiger partial charge in [0, 0.05) is 46.4 Å². The molecule has 1 atom stereocenters. The molecular weight excluding hydrogens is 282 g/mol. The Morgan fingerprint density at radius 2 is 2.00 bits per heavy atom. The molecule has 1 heterocycles. The summed E-state index contributed by atoms with van der Waals surface area (Å²) in [6.07, 6.45) is 0.829. The predicted octanol–water partition coefficient (Wildman–Crippen LogP) is -0.490. The number of hydrogen-bond acceptors (Lipinski definition) is 5. The van der Waals surface area contributed by atoms with Crippen molar-refractivity contribution >= 4 is 10.2 Å². The van der Waals surface area contributed by atoms with Gasteiger partial charge in [-0.05, 0) is 19.9 Å². The molecule has 1 aliphatic heterocycles. The van der Waals surface area contributed by atoms with E-state index in [4.69, 9.17) is 9.47 Å². The molecule has 1 rings (SSSR count). The number of nitrogens with one attached hydrogen (secondary N) is 1. The first kappa shape index (κ1) is 17.8. The van der Waals surface area contributed by atoms with Crippen molar-refractivity contribution in [3.05, 3.63) is 0 Å². The van der Waals surface area contributed by atoms with Crippen molar-refractivity contribution in [2.24, 2.45) is 0 Å². The molecule has 0 aromatic heterocycles. The number of nitrogens with zero attached hydrogens (tertiary/aromatic N) is 2. The van der Waals surface area contributed by atoms with Gasteiger partial charge in [0.25, 0.3) is 10.2 Å². The van der Waals surface area contributed by atoms with Gasteiger partial charge in [-0.1, -0.05) is 0 Å². The van der Waals surface area contributed by atoms with Gasteiger partial charge in [0.15, 0.2) is 0 Å². The van der Waals surface area contributed by atoms with Gasteiger partial charge in [0.2, 0.25) is 0 Å². The van der Waals surface area contributed by atoms with Crippen LogP contribution < -0.4 is 5.32 Å². The van der Waals surface area contributed by atoms with Crippen LogP contribution in [-0.2, 0) is 19.7 Å². The number of hydrogen-bond donors (Lipinski definition) is 1. The molecule has 1 N–H and O–H groups in total. The van der Waals surface area contributed by atoms with E-state index in [-0.39, 0.29) is 6.04 Å². The molecule has 0 bridgehead atoms. The lowest BCUT2D eigenvalue weighted by atomic mass is 10.3. The summed E-state index contributed by atoms with van der Waals surface area (Å²) in [6, 6.07) is -0.212. The fraction of sp³-hybridized carbons (Fsp3) is 1.00. The smallest absolute Gasteiger partial charge is 0.282 e. The van der Waals surface area contributed by atoms with Crippen molar-refractivity contribution in [1.82, 2.24) is 13.9 Å². The third-order valence-electron chi connectivity index (χ3n) is 3.34. The second-order valence-electron chi connectivity index (χ2n) is 4.92. The zero-order valence-electron chi connectivity index (χ0n) is 12.7. The third kappa shape index (κ3) is 4.94. The van der Waals surface area contributed by atoms with E-state index in [0.717, 1.165) is 13.0 Å². The minimum absolute atomic E-state index is 0.212. The van der Waals surface area contributed by atoms with Crippen molar-refractivity contribution in [2.45, 2.75) is 19.4 Å². The first-order chi connectivity index (χ1) is 9.54. The molecule has 0 spiro atoms. The fourth-order valence-corrected chi connectivity index (χ4v) is 4.07. The molecule has 1 fully saturated rings. The number of rotatable bonds is 8. The van der Waals surface area contributed by atoms with Gasteiger partial charge < -0.3 is 14.8 Å². The highest BCUT2D eigenvalue weighted by Crippen LogP contribution is 2.14. The van der Waals surface area contributed by atoms with Crippen molar-refractivity contribution < 1.29 is 17.9 Å². The zero-order valence-corrected chi connectivity index (χ0v) is 13.5. The maximum atomic E-state index is 12.8. The molecule has 1 saturated heterocycles. The van der Waals surface area contributed by atoms with Gasteiger partial charge in [-0.15, -0.1) is 0 Å². The summed E-state index contributed by atoms with van der Waals surface area (Å²) in [6.45, 7) is 5.55. The van der Waals surface area contributed by atoms with E-state index in [1.165, 1.54) is 4.31 Å². The Morgan fingerprint density at radius 1 is 1.25 bits per heavy atom. The van der Waals surface area contributed by atoms with Gasteiger partial charge in [0.05, 0.1) is 13.2 Å². The molecule has 0 aromatic carbocycles. The summed E-state index contributed by atoms with van der Waals surface area (Å²) in [5.41, 5.74) is 0. The van der Waals surface area contributed by atoms with E-state index in [9.17, 15) is 8.42 Å². The van der Waals surface area contributed by atoms with Crippen molar-refractivity contribution in [3.8, 4) is 0 Å². The molecule has 0 radical (unpaired) electrons. The highest BCUT2D eigenvalue weighted by molar-refractivity contribution is 7.86. The van der Waals surface area contributed by atoms with Crippen LogP contribution >= 0.6 is 0 Å². The lowest BCUT2D eigenvalue weighted by molar-refractivity contribution is 0.115. The summed E-state index contributed by atoms with van der Waals surface area (Å²) in [5.74, 6) is 0. The van der Waals surface area contributed by atoms with Crippen molar-refractivity contribution in [2.75, 3.05) is 60.2 Å². The van der Waals surface area contributed by atoms with Gasteiger partial charge in [-0.3, -0.25) is 0 Å². The van der Waals surface area contributed by atoms with E-state index in [1.54, 1.807) is 18.5 Å². The van der Waals surface area contributed by atoms with Crippen molar-refractivity contribution in [1.29, 1.82) is 0 Å². The molecule has 0 saturated carbocycles. The number of methoxy groups -OCH3 is 2. The fourth-order valence-electron chi connectivity index (χ4n) is 2.27. The third-order valence-corrected chi connectivity index (χ3v) is 5.49. The summed E-state index contributed by atoms with van der Waals surface area (Å²) < 4.78 is 38.7. The minimum atomic E-state index is -3.47. The van der Waals surface area contributed by atoms with E-state index >= 15 is 0 Å². The molecule has 20 heavy (non-hydrogen) atoms. The lowest BCUT2D eigenvalue weighted by Crippen LogP contribution is -2.51. The summed E-state index contributed by atoms with van der Waals surface area (Å²) in [5, 5.41) is 3.21. The molecule has 120 valence electrons. The Hall–Kier alpha value is -0.250. The van der Waals surface area contributed by atoms with Gasteiger partial charge >= 0.3 is 0 Å². The molecule has 1 unspecified atom stereocenters. The number of ether oxygens (including phenoxy) is 2. The average Bonchev–Trinajstić information content (AvgIpc) is 2.68. The van der Waals surface area contributed by atoms with Crippen LogP contribution in [0.3, 0.4) is 0 Å². The monoisotopic (exact) mass is 309 g/mol. The van der Waals surface area contributed by atoms with Crippen LogP contribution in [-0.4, -0.2) is 83.2 Å². The van der Waals surface area contributed by atoms with Gasteiger partial charge in [0.1, 0.15) is 0 Å². The Kier molecular flexibility index (Phi) is 7.93. The first-order valence-electron chi connectivity index (χ1n) is 6.99. The van der Waals surface area contributed by atoms with Crippen LogP contribution in [0, 0.1) is 0 Å². The van der Waals surface area contributed by atoms with Crippen LogP contribution in [0.15, 0.2) is 0 Å². The van der Waals surface area contributed by atoms with Crippen LogP contribution in [0.5, 0.6) is 0 Å². The Balaban J connectivity index is 2.84. The minimum Gasteiger partial charge on any atom is -0.383 e. The van der Waals surface area contributed by atoms with E-state index in [2.05, 4.69) is 5.32 Å². The molecular formula is C12H27N3O4S. The highest BCUT2D eigenvalue weighted by atomic mass is 32.2. The summed E-state index contributed by atoms with van der Waals surface area (Å²) in [4.78, 5) is 0. The predicted molar refractivity (Wildman–Crippen MR) is 77.9 cm³/mol. The van der Waals surface area contributed by atoms with Crippen LogP contribution in [0.2, 0.25) is 0 Å². The maximum Gasteiger partial charge on any atom is 0.282 e. The topological polar surface area (TPSA) is 71.1 Å². The highest BCUT2D eigenvalue weighted by Gasteiger charge is 2.33. The molecule has 8 heteroatoms.